The van der Waals surface area contributed by atoms with E-state index in [2.05, 4.69) is 4.85 Å². The Bertz CT molecular complexity index is 1310. The van der Waals surface area contributed by atoms with Crippen LogP contribution in [0.3, 0.4) is 0 Å². The Morgan fingerprint density at radius 1 is 1.16 bits per heavy atom. The molecule has 5 nitrogen and oxygen atoms in total. The average molecular weight is 446 g/mol. The van der Waals surface area contributed by atoms with Crippen LogP contribution >= 0.6 is 11.6 Å². The van der Waals surface area contributed by atoms with Crippen molar-refractivity contribution in [3.8, 4) is 0 Å². The Labute approximate surface area is 189 Å². The zero-order chi connectivity index (χ0) is 22.4. The minimum Gasteiger partial charge on any atom is -0.478 e. The normalized spacial score (nSPS) is 19.0. The van der Waals surface area contributed by atoms with Gasteiger partial charge in [-0.25, -0.2) is 14.0 Å². The summed E-state index contributed by atoms with van der Waals surface area (Å²) in [5.41, 5.74) is 5.06. The number of hydrogen-bond donors (Lipinski definition) is 1. The van der Waals surface area contributed by atoms with Crippen molar-refractivity contribution in [1.29, 1.82) is 0 Å². The van der Waals surface area contributed by atoms with E-state index in [-0.39, 0.29) is 23.3 Å². The first-order chi connectivity index (χ1) is 15.5. The van der Waals surface area contributed by atoms with Crippen LogP contribution in [0.25, 0.3) is 4.85 Å². The van der Waals surface area contributed by atoms with Gasteiger partial charge in [0, 0.05) is 16.5 Å². The standard InChI is InChI=1S/C25H17ClFN3O2/c1-28-22-11-8-18(13-21(22)26)30-24(14-2-6-17(27)7-3-14)20-10-4-15-12-16(25(31)32)5-9-19(15)23(20)29-30/h2-3,5-9,11-13,20,24H,4,10H2,(H,31,32)/t20-,24-/m1/s1. The summed E-state index contributed by atoms with van der Waals surface area (Å²) < 4.78 is 13.6. The molecule has 0 fully saturated rings. The van der Waals surface area contributed by atoms with Gasteiger partial charge in [0.05, 0.1) is 29.6 Å². The maximum atomic E-state index is 13.6. The van der Waals surface area contributed by atoms with E-state index >= 15 is 0 Å². The smallest absolute Gasteiger partial charge is 0.335 e. The molecule has 1 aliphatic heterocycles. The maximum Gasteiger partial charge on any atom is 0.335 e. The number of fused-ring (bicyclic) bond motifs is 3. The zero-order valence-electron chi connectivity index (χ0n) is 16.8. The molecule has 0 bridgehead atoms. The number of rotatable bonds is 3. The SMILES string of the molecule is [C-]#[N+]c1ccc(N2N=C3c4ccc(C(=O)O)cc4CC[C@H]3[C@H]2c2ccc(F)cc2)cc1Cl. The van der Waals surface area contributed by atoms with Crippen LogP contribution in [0.1, 0.15) is 39.5 Å². The number of benzene rings is 3. The first-order valence-electron chi connectivity index (χ1n) is 10.1. The summed E-state index contributed by atoms with van der Waals surface area (Å²) >= 11 is 6.31. The lowest BCUT2D eigenvalue weighted by molar-refractivity contribution is 0.0696. The van der Waals surface area contributed by atoms with Crippen molar-refractivity contribution in [2.75, 3.05) is 5.01 Å². The molecule has 0 saturated carbocycles. The molecular formula is C25H17ClFN3O2. The molecule has 2 atom stereocenters. The third-order valence-corrected chi connectivity index (χ3v) is 6.39. The predicted molar refractivity (Wildman–Crippen MR) is 121 cm³/mol. The van der Waals surface area contributed by atoms with E-state index in [1.807, 2.05) is 17.1 Å². The van der Waals surface area contributed by atoms with Gasteiger partial charge in [0.1, 0.15) is 5.82 Å². The van der Waals surface area contributed by atoms with Crippen LogP contribution in [-0.4, -0.2) is 16.8 Å². The summed E-state index contributed by atoms with van der Waals surface area (Å²) in [7, 11) is 0. The van der Waals surface area contributed by atoms with Crippen molar-refractivity contribution < 1.29 is 14.3 Å². The Morgan fingerprint density at radius 3 is 2.62 bits per heavy atom. The van der Waals surface area contributed by atoms with Gasteiger partial charge in [-0.15, -0.1) is 0 Å². The molecule has 1 N–H and O–H groups in total. The molecule has 7 heteroatoms. The third-order valence-electron chi connectivity index (χ3n) is 6.09. The molecule has 1 heterocycles. The number of hydrazone groups is 1. The molecule has 0 aromatic heterocycles. The molecule has 5 rings (SSSR count). The van der Waals surface area contributed by atoms with Crippen molar-refractivity contribution in [3.63, 3.8) is 0 Å². The highest BCUT2D eigenvalue weighted by Crippen LogP contribution is 2.46. The highest BCUT2D eigenvalue weighted by atomic mass is 35.5. The quantitative estimate of drug-likeness (QED) is 0.484. The average Bonchev–Trinajstić information content (AvgIpc) is 3.19. The van der Waals surface area contributed by atoms with Crippen molar-refractivity contribution in [2.24, 2.45) is 11.0 Å². The molecule has 3 aromatic rings. The third kappa shape index (κ3) is 3.31. The van der Waals surface area contributed by atoms with E-state index in [0.717, 1.165) is 40.9 Å². The summed E-state index contributed by atoms with van der Waals surface area (Å²) in [4.78, 5) is 14.8. The topological polar surface area (TPSA) is 57.3 Å². The number of carboxylic acid groups (broad SMARTS) is 1. The summed E-state index contributed by atoms with van der Waals surface area (Å²) in [6.45, 7) is 7.24. The van der Waals surface area contributed by atoms with Gasteiger partial charge in [-0.05, 0) is 60.4 Å². The van der Waals surface area contributed by atoms with Gasteiger partial charge >= 0.3 is 5.97 Å². The highest BCUT2D eigenvalue weighted by Gasteiger charge is 2.42. The molecule has 3 aromatic carbocycles. The van der Waals surface area contributed by atoms with Gasteiger partial charge in [-0.3, -0.25) is 5.01 Å². The fourth-order valence-electron chi connectivity index (χ4n) is 4.60. The van der Waals surface area contributed by atoms with Crippen molar-refractivity contribution in [3.05, 3.63) is 105 Å². The molecular weight excluding hydrogens is 429 g/mol. The molecule has 0 radical (unpaired) electrons. The van der Waals surface area contributed by atoms with Crippen LogP contribution in [0.5, 0.6) is 0 Å². The molecule has 1 aliphatic carbocycles. The highest BCUT2D eigenvalue weighted by molar-refractivity contribution is 6.33. The van der Waals surface area contributed by atoms with Crippen molar-refractivity contribution in [1.82, 2.24) is 0 Å². The van der Waals surface area contributed by atoms with Gasteiger partial charge in [0.15, 0.2) is 0 Å². The second-order valence-corrected chi connectivity index (χ2v) is 8.30. The number of anilines is 1. The Balaban J connectivity index is 1.64. The van der Waals surface area contributed by atoms with E-state index in [0.29, 0.717) is 10.7 Å². The molecule has 0 unspecified atom stereocenters. The second kappa shape index (κ2) is 7.77. The molecule has 0 amide bonds. The lowest BCUT2D eigenvalue weighted by atomic mass is 9.77. The Morgan fingerprint density at radius 2 is 1.94 bits per heavy atom. The van der Waals surface area contributed by atoms with Gasteiger partial charge in [0.25, 0.3) is 0 Å². The fraction of sp³-hybridized carbons (Fsp3) is 0.160. The molecule has 0 spiro atoms. The molecule has 2 aliphatic rings. The van der Waals surface area contributed by atoms with Crippen LogP contribution in [0.2, 0.25) is 5.02 Å². The van der Waals surface area contributed by atoms with Gasteiger partial charge in [-0.2, -0.15) is 5.10 Å². The molecule has 0 saturated heterocycles. The predicted octanol–water partition coefficient (Wildman–Crippen LogP) is 6.26. The van der Waals surface area contributed by atoms with Gasteiger partial charge in [-0.1, -0.05) is 35.9 Å². The molecule has 32 heavy (non-hydrogen) atoms. The first-order valence-corrected chi connectivity index (χ1v) is 10.5. The lowest BCUT2D eigenvalue weighted by Gasteiger charge is -2.31. The van der Waals surface area contributed by atoms with Crippen molar-refractivity contribution >= 4 is 34.7 Å². The van der Waals surface area contributed by atoms with Crippen LogP contribution < -0.4 is 5.01 Å². The number of aromatic carboxylic acids is 1. The summed E-state index contributed by atoms with van der Waals surface area (Å²) in [5.74, 6) is -1.22. The minimum absolute atomic E-state index is 0.0444. The lowest BCUT2D eigenvalue weighted by Crippen LogP contribution is -2.29. The number of carboxylic acids is 1. The van der Waals surface area contributed by atoms with E-state index in [9.17, 15) is 14.3 Å². The number of halogens is 2. The Kier molecular flexibility index (Phi) is 4.91. The van der Waals surface area contributed by atoms with Crippen LogP contribution in [0.15, 0.2) is 65.8 Å². The van der Waals surface area contributed by atoms with Crippen molar-refractivity contribution in [2.45, 2.75) is 18.9 Å². The van der Waals surface area contributed by atoms with E-state index in [1.165, 1.54) is 12.1 Å². The summed E-state index contributed by atoms with van der Waals surface area (Å²) in [6.07, 6.45) is 1.50. The maximum absolute atomic E-state index is 13.6. The van der Waals surface area contributed by atoms with E-state index in [4.69, 9.17) is 23.3 Å². The largest absolute Gasteiger partial charge is 0.478 e. The van der Waals surface area contributed by atoms with Gasteiger partial charge < -0.3 is 5.11 Å². The summed E-state index contributed by atoms with van der Waals surface area (Å²) in [6, 6.07) is 16.6. The Hall–Kier alpha value is -3.69. The number of nitrogens with zero attached hydrogens (tertiary/aromatic N) is 3. The monoisotopic (exact) mass is 445 g/mol. The number of carbonyl (C=O) groups is 1. The molecule has 158 valence electrons. The fourth-order valence-corrected chi connectivity index (χ4v) is 4.81. The zero-order valence-corrected chi connectivity index (χ0v) is 17.6. The van der Waals surface area contributed by atoms with Crippen LogP contribution in [0, 0.1) is 18.3 Å². The van der Waals surface area contributed by atoms with Crippen LogP contribution in [-0.2, 0) is 6.42 Å². The number of hydrogen-bond acceptors (Lipinski definition) is 3. The van der Waals surface area contributed by atoms with Crippen LogP contribution in [0.4, 0.5) is 15.8 Å². The van der Waals surface area contributed by atoms with Gasteiger partial charge in [0.2, 0.25) is 5.69 Å². The van der Waals surface area contributed by atoms with E-state index < -0.39 is 5.97 Å². The summed E-state index contributed by atoms with van der Waals surface area (Å²) in [5, 5.41) is 16.5. The van der Waals surface area contributed by atoms with E-state index in [1.54, 1.807) is 36.4 Å². The first kappa shape index (κ1) is 20.2. The minimum atomic E-state index is -0.955. The number of aryl methyl sites for hydroxylation is 1. The second-order valence-electron chi connectivity index (χ2n) is 7.90.